The van der Waals surface area contributed by atoms with Gasteiger partial charge < -0.3 is 20.6 Å². The number of amides is 5. The van der Waals surface area contributed by atoms with Crippen LogP contribution in [0.4, 0.5) is 11.4 Å². The van der Waals surface area contributed by atoms with E-state index in [1.807, 2.05) is 68.4 Å². The van der Waals surface area contributed by atoms with Gasteiger partial charge in [0.25, 0.3) is 11.8 Å². The average molecular weight is 677 g/mol. The Hall–Kier alpha value is -5.78. The van der Waals surface area contributed by atoms with Crippen molar-refractivity contribution in [3.63, 3.8) is 0 Å². The molecule has 2 atom stereocenters. The highest BCUT2D eigenvalue weighted by Gasteiger charge is 2.45. The van der Waals surface area contributed by atoms with Crippen molar-refractivity contribution in [1.82, 2.24) is 20.5 Å². The van der Waals surface area contributed by atoms with Crippen molar-refractivity contribution < 1.29 is 29.1 Å². The molecule has 0 saturated carbocycles. The number of aromatic hydroxyl groups is 1. The van der Waals surface area contributed by atoms with Crippen LogP contribution in [0.2, 0.25) is 0 Å². The quantitative estimate of drug-likeness (QED) is 0.124. The van der Waals surface area contributed by atoms with Crippen LogP contribution in [-0.4, -0.2) is 71.2 Å². The number of carbonyl (C=O) groups excluding carboxylic acids is 5. The number of hydrogen-bond donors (Lipinski definition) is 4. The van der Waals surface area contributed by atoms with Gasteiger partial charge in [0.1, 0.15) is 17.3 Å². The van der Waals surface area contributed by atoms with Crippen molar-refractivity contribution in [1.29, 1.82) is 0 Å². The Morgan fingerprint density at radius 1 is 1.02 bits per heavy atom. The number of anilines is 2. The normalized spacial score (nSPS) is 16.3. The van der Waals surface area contributed by atoms with Gasteiger partial charge in [0.15, 0.2) is 0 Å². The van der Waals surface area contributed by atoms with Crippen molar-refractivity contribution in [2.75, 3.05) is 30.9 Å². The first-order chi connectivity index (χ1) is 24.0. The molecule has 12 heteroatoms. The van der Waals surface area contributed by atoms with Gasteiger partial charge >= 0.3 is 0 Å². The van der Waals surface area contributed by atoms with Crippen LogP contribution < -0.4 is 20.9 Å². The second kappa shape index (κ2) is 14.4. The van der Waals surface area contributed by atoms with Crippen LogP contribution in [0.1, 0.15) is 82.0 Å². The summed E-state index contributed by atoms with van der Waals surface area (Å²) in [6.07, 6.45) is 4.07. The molecule has 4 N–H and O–H groups in total. The number of aryl methyl sites for hydroxylation is 1. The number of unbranched alkanes of at least 4 members (excludes halogenated alkanes) is 2. The van der Waals surface area contributed by atoms with Gasteiger partial charge in [-0.25, -0.2) is 0 Å². The summed E-state index contributed by atoms with van der Waals surface area (Å²) in [5, 5.41) is 20.8. The molecule has 1 fully saturated rings. The summed E-state index contributed by atoms with van der Waals surface area (Å²) < 4.78 is 0. The molecule has 258 valence electrons. The molecule has 2 aliphatic heterocycles. The number of imide groups is 2. The van der Waals surface area contributed by atoms with Gasteiger partial charge in [-0.15, -0.1) is 0 Å². The van der Waals surface area contributed by atoms with Gasteiger partial charge in [0.05, 0.1) is 17.2 Å². The number of rotatable bonds is 12. The molecule has 2 unspecified atom stereocenters. The van der Waals surface area contributed by atoms with Crippen molar-refractivity contribution in [2.45, 2.75) is 57.5 Å². The summed E-state index contributed by atoms with van der Waals surface area (Å²) in [5.74, 6) is -2.31. The highest BCUT2D eigenvalue weighted by molar-refractivity contribution is 6.25. The van der Waals surface area contributed by atoms with E-state index in [1.54, 1.807) is 24.4 Å². The highest BCUT2D eigenvalue weighted by atomic mass is 16.3. The first kappa shape index (κ1) is 34.1. The lowest BCUT2D eigenvalue weighted by molar-refractivity contribution is -0.136. The molecule has 0 bridgehead atoms. The number of phenols is 1. The number of benzene rings is 3. The van der Waals surface area contributed by atoms with E-state index in [1.165, 1.54) is 0 Å². The number of carbonyl (C=O) groups is 5. The predicted octanol–water partition coefficient (Wildman–Crippen LogP) is 4.59. The molecule has 6 rings (SSSR count). The molecule has 0 spiro atoms. The Labute approximate surface area is 289 Å². The second-order valence-corrected chi connectivity index (χ2v) is 12.9. The number of aromatic nitrogens is 1. The third kappa shape index (κ3) is 6.73. The molecule has 50 heavy (non-hydrogen) atoms. The maximum atomic E-state index is 13.4. The van der Waals surface area contributed by atoms with E-state index in [0.717, 1.165) is 33.5 Å². The fraction of sp³-hybridized carbons (Fsp3) is 0.316. The van der Waals surface area contributed by atoms with Crippen LogP contribution in [0.25, 0.3) is 10.9 Å². The summed E-state index contributed by atoms with van der Waals surface area (Å²) in [4.78, 5) is 71.2. The third-order valence-electron chi connectivity index (χ3n) is 9.30. The van der Waals surface area contributed by atoms with Gasteiger partial charge in [0.2, 0.25) is 17.7 Å². The standard InChI is InChI=1S/C38H40N6O6/c1-22-20-27(35(47)34-25(22)13-9-19-40-34)33(23-10-7-11-24(21-23)43(2)3)41-30(45)15-5-4-6-18-39-28-14-8-12-26-32(28)38(50)44(37(26)49)29-16-17-31(46)42-36(29)48/h7-14,19-21,29,33,39,47H,4-6,15-18H2,1-3H3,(H,41,45)(H,42,46,48). The summed E-state index contributed by atoms with van der Waals surface area (Å²) in [6.45, 7) is 2.46. The highest BCUT2D eigenvalue weighted by Crippen LogP contribution is 2.37. The lowest BCUT2D eigenvalue weighted by Gasteiger charge is -2.27. The first-order valence-electron chi connectivity index (χ1n) is 16.8. The van der Waals surface area contributed by atoms with Gasteiger partial charge in [0, 0.05) is 62.0 Å². The van der Waals surface area contributed by atoms with E-state index in [2.05, 4.69) is 20.9 Å². The van der Waals surface area contributed by atoms with E-state index in [4.69, 9.17) is 0 Å². The van der Waals surface area contributed by atoms with Crippen LogP contribution in [0.5, 0.6) is 5.75 Å². The molecule has 3 aromatic carbocycles. The number of piperidine rings is 1. The molecule has 1 aromatic heterocycles. The second-order valence-electron chi connectivity index (χ2n) is 12.9. The maximum Gasteiger partial charge on any atom is 0.264 e. The number of nitrogens with one attached hydrogen (secondary N) is 3. The zero-order chi connectivity index (χ0) is 35.5. The Morgan fingerprint density at radius 2 is 1.82 bits per heavy atom. The number of fused-ring (bicyclic) bond motifs is 2. The van der Waals surface area contributed by atoms with Crippen molar-refractivity contribution >= 4 is 51.8 Å². The summed E-state index contributed by atoms with van der Waals surface area (Å²) in [5.41, 5.74) is 4.72. The Kier molecular flexibility index (Phi) is 9.80. The largest absolute Gasteiger partial charge is 0.505 e. The van der Waals surface area contributed by atoms with Crippen LogP contribution in [0.3, 0.4) is 0 Å². The summed E-state index contributed by atoms with van der Waals surface area (Å²) in [6, 6.07) is 16.8. The summed E-state index contributed by atoms with van der Waals surface area (Å²) >= 11 is 0. The molecule has 0 radical (unpaired) electrons. The van der Waals surface area contributed by atoms with Gasteiger partial charge in [-0.05, 0) is 73.7 Å². The molecule has 4 aromatic rings. The van der Waals surface area contributed by atoms with Crippen LogP contribution in [0.15, 0.2) is 66.9 Å². The Balaban J connectivity index is 1.08. The number of phenolic OH excluding ortho intramolecular Hbond substituents is 1. The third-order valence-corrected chi connectivity index (χ3v) is 9.30. The van der Waals surface area contributed by atoms with E-state index >= 15 is 0 Å². The Morgan fingerprint density at radius 3 is 2.60 bits per heavy atom. The van der Waals surface area contributed by atoms with E-state index in [9.17, 15) is 29.1 Å². The molecule has 1 saturated heterocycles. The van der Waals surface area contributed by atoms with Gasteiger partial charge in [-0.2, -0.15) is 0 Å². The number of hydrogen-bond acceptors (Lipinski definition) is 9. The molecule has 3 heterocycles. The SMILES string of the molecule is Cc1cc(C(NC(=O)CCCCCNc2cccc3c2C(=O)N(C2CCC(=O)NC2=O)C3=O)c2cccc(N(C)C)c2)c(O)c2ncccc12. The molecule has 0 aliphatic carbocycles. The van der Waals surface area contributed by atoms with E-state index < -0.39 is 35.7 Å². The fourth-order valence-corrected chi connectivity index (χ4v) is 6.68. The molecular formula is C38H40N6O6. The van der Waals surface area contributed by atoms with Crippen LogP contribution in [0, 0.1) is 6.92 Å². The smallest absolute Gasteiger partial charge is 0.264 e. The van der Waals surface area contributed by atoms with Crippen LogP contribution in [-0.2, 0) is 14.4 Å². The topological polar surface area (TPSA) is 161 Å². The monoisotopic (exact) mass is 676 g/mol. The minimum atomic E-state index is -1.03. The zero-order valence-corrected chi connectivity index (χ0v) is 28.3. The molecule has 5 amide bonds. The predicted molar refractivity (Wildman–Crippen MR) is 189 cm³/mol. The summed E-state index contributed by atoms with van der Waals surface area (Å²) in [7, 11) is 3.89. The van der Waals surface area contributed by atoms with Crippen molar-refractivity contribution in [3.8, 4) is 5.75 Å². The van der Waals surface area contributed by atoms with Crippen molar-refractivity contribution in [3.05, 3.63) is 94.7 Å². The molecule has 12 nitrogen and oxygen atoms in total. The lowest BCUT2D eigenvalue weighted by atomic mass is 9.93. The van der Waals surface area contributed by atoms with Gasteiger partial charge in [-0.1, -0.05) is 30.7 Å². The minimum Gasteiger partial charge on any atom is -0.505 e. The molecular weight excluding hydrogens is 636 g/mol. The first-order valence-corrected chi connectivity index (χ1v) is 16.8. The average Bonchev–Trinajstić information content (AvgIpc) is 3.36. The fourth-order valence-electron chi connectivity index (χ4n) is 6.68. The lowest BCUT2D eigenvalue weighted by Crippen LogP contribution is -2.54. The van der Waals surface area contributed by atoms with E-state index in [0.29, 0.717) is 36.2 Å². The zero-order valence-electron chi connectivity index (χ0n) is 28.3. The van der Waals surface area contributed by atoms with Crippen LogP contribution >= 0.6 is 0 Å². The number of pyridine rings is 1. The molecule has 2 aliphatic rings. The van der Waals surface area contributed by atoms with E-state index in [-0.39, 0.29) is 42.0 Å². The van der Waals surface area contributed by atoms with Gasteiger partial charge in [-0.3, -0.25) is 39.2 Å². The Bertz CT molecular complexity index is 2010. The maximum absolute atomic E-state index is 13.4. The number of nitrogens with zero attached hydrogens (tertiary/aromatic N) is 3. The van der Waals surface area contributed by atoms with Crippen molar-refractivity contribution in [2.24, 2.45) is 0 Å². The minimum absolute atomic E-state index is 0.0330.